The summed E-state index contributed by atoms with van der Waals surface area (Å²) in [6, 6.07) is 6.73. The topological polar surface area (TPSA) is 113 Å². The molecule has 3 N–H and O–H groups in total. The lowest BCUT2D eigenvalue weighted by atomic mass is 10.2. The highest BCUT2D eigenvalue weighted by molar-refractivity contribution is 6.01. The van der Waals surface area contributed by atoms with Crippen molar-refractivity contribution in [2.75, 3.05) is 10.6 Å². The first-order valence-corrected chi connectivity index (χ1v) is 5.07. The van der Waals surface area contributed by atoms with Crippen LogP contribution in [0.3, 0.4) is 0 Å². The molecule has 1 heterocycles. The van der Waals surface area contributed by atoms with E-state index in [1.54, 1.807) is 24.3 Å². The number of rotatable bonds is 3. The van der Waals surface area contributed by atoms with Crippen LogP contribution in [-0.2, 0) is 4.79 Å². The Kier molecular flexibility index (Phi) is 3.28. The maximum atomic E-state index is 11.6. The Morgan fingerprint density at radius 2 is 1.94 bits per heavy atom. The first-order chi connectivity index (χ1) is 8.65. The SMILES string of the molecule is CC(=O)Nc1cccc(NC(=O)c2nn[nH]n2)c1. The lowest BCUT2D eigenvalue weighted by Gasteiger charge is -2.05. The average Bonchev–Trinajstić information content (AvgIpc) is 2.81. The number of anilines is 2. The van der Waals surface area contributed by atoms with Crippen molar-refractivity contribution in [2.24, 2.45) is 0 Å². The summed E-state index contributed by atoms with van der Waals surface area (Å²) >= 11 is 0. The predicted octanol–water partition coefficient (Wildman–Crippen LogP) is 0.410. The van der Waals surface area contributed by atoms with Gasteiger partial charge in [-0.15, -0.1) is 10.2 Å². The number of H-pyrrole nitrogens is 1. The lowest BCUT2D eigenvalue weighted by Crippen LogP contribution is -2.14. The largest absolute Gasteiger partial charge is 0.326 e. The van der Waals surface area contributed by atoms with Crippen LogP contribution in [0.15, 0.2) is 24.3 Å². The van der Waals surface area contributed by atoms with Gasteiger partial charge in [-0.2, -0.15) is 5.21 Å². The molecule has 2 rings (SSSR count). The van der Waals surface area contributed by atoms with E-state index in [4.69, 9.17) is 0 Å². The van der Waals surface area contributed by atoms with E-state index in [-0.39, 0.29) is 11.7 Å². The van der Waals surface area contributed by atoms with Crippen LogP contribution in [0.1, 0.15) is 17.5 Å². The Morgan fingerprint density at radius 3 is 2.56 bits per heavy atom. The fraction of sp³-hybridized carbons (Fsp3) is 0.100. The van der Waals surface area contributed by atoms with Crippen LogP contribution < -0.4 is 10.6 Å². The number of benzene rings is 1. The summed E-state index contributed by atoms with van der Waals surface area (Å²) in [7, 11) is 0. The van der Waals surface area contributed by atoms with E-state index in [9.17, 15) is 9.59 Å². The molecule has 8 nitrogen and oxygen atoms in total. The fourth-order valence-corrected chi connectivity index (χ4v) is 1.32. The van der Waals surface area contributed by atoms with Crippen LogP contribution in [0.4, 0.5) is 11.4 Å². The highest BCUT2D eigenvalue weighted by atomic mass is 16.2. The summed E-state index contributed by atoms with van der Waals surface area (Å²) < 4.78 is 0. The second-order valence-electron chi connectivity index (χ2n) is 3.45. The molecular formula is C10H10N6O2. The van der Waals surface area contributed by atoms with E-state index in [2.05, 4.69) is 31.3 Å². The summed E-state index contributed by atoms with van der Waals surface area (Å²) in [5, 5.41) is 17.8. The number of nitrogens with zero attached hydrogens (tertiary/aromatic N) is 3. The Morgan fingerprint density at radius 1 is 1.22 bits per heavy atom. The predicted molar refractivity (Wildman–Crippen MR) is 62.9 cm³/mol. The van der Waals surface area contributed by atoms with Gasteiger partial charge in [0.1, 0.15) is 0 Å². The van der Waals surface area contributed by atoms with Gasteiger partial charge >= 0.3 is 0 Å². The molecule has 0 fully saturated rings. The number of carbonyl (C=O) groups is 2. The monoisotopic (exact) mass is 246 g/mol. The van der Waals surface area contributed by atoms with Crippen molar-refractivity contribution in [3.63, 3.8) is 0 Å². The summed E-state index contributed by atoms with van der Waals surface area (Å²) in [5.74, 6) is -0.722. The smallest absolute Gasteiger partial charge is 0.297 e. The highest BCUT2D eigenvalue weighted by Crippen LogP contribution is 2.15. The van der Waals surface area contributed by atoms with Gasteiger partial charge in [0.2, 0.25) is 5.91 Å². The fourth-order valence-electron chi connectivity index (χ4n) is 1.32. The maximum absolute atomic E-state index is 11.6. The Balaban J connectivity index is 2.10. The van der Waals surface area contributed by atoms with Gasteiger partial charge in [0.15, 0.2) is 0 Å². The number of aromatic amines is 1. The molecule has 8 heteroatoms. The molecule has 2 amide bonds. The van der Waals surface area contributed by atoms with Crippen molar-refractivity contribution in [1.82, 2.24) is 20.6 Å². The van der Waals surface area contributed by atoms with Gasteiger partial charge in [-0.1, -0.05) is 6.07 Å². The first-order valence-electron chi connectivity index (χ1n) is 5.07. The Labute approximate surface area is 102 Å². The third kappa shape index (κ3) is 2.88. The normalized spacial score (nSPS) is 9.83. The van der Waals surface area contributed by atoms with Crippen molar-refractivity contribution in [1.29, 1.82) is 0 Å². The van der Waals surface area contributed by atoms with Crippen molar-refractivity contribution in [3.05, 3.63) is 30.1 Å². The molecule has 1 aromatic heterocycles. The minimum absolute atomic E-state index is 0.0556. The maximum Gasteiger partial charge on any atom is 0.297 e. The van der Waals surface area contributed by atoms with E-state index < -0.39 is 5.91 Å². The van der Waals surface area contributed by atoms with E-state index in [0.717, 1.165) is 0 Å². The summed E-state index contributed by atoms with van der Waals surface area (Å²) in [6.07, 6.45) is 0. The summed E-state index contributed by atoms with van der Waals surface area (Å²) in [6.45, 7) is 1.41. The standard InChI is InChI=1S/C10H10N6O2/c1-6(17)11-7-3-2-4-8(5-7)12-10(18)9-13-15-16-14-9/h2-5H,1H3,(H,11,17)(H,12,18)(H,13,14,15,16). The molecule has 0 saturated heterocycles. The number of amides is 2. The number of hydrogen-bond donors (Lipinski definition) is 3. The molecule has 0 atom stereocenters. The molecule has 0 bridgehead atoms. The molecule has 0 aliphatic carbocycles. The quantitative estimate of drug-likeness (QED) is 0.726. The van der Waals surface area contributed by atoms with Crippen LogP contribution in [0.5, 0.6) is 0 Å². The zero-order valence-corrected chi connectivity index (χ0v) is 9.47. The van der Waals surface area contributed by atoms with Crippen LogP contribution >= 0.6 is 0 Å². The second-order valence-corrected chi connectivity index (χ2v) is 3.45. The average molecular weight is 246 g/mol. The first kappa shape index (κ1) is 11.7. The van der Waals surface area contributed by atoms with Crippen molar-refractivity contribution in [3.8, 4) is 0 Å². The van der Waals surface area contributed by atoms with Gasteiger partial charge in [-0.25, -0.2) is 0 Å². The van der Waals surface area contributed by atoms with Crippen molar-refractivity contribution < 1.29 is 9.59 Å². The minimum Gasteiger partial charge on any atom is -0.326 e. The molecule has 0 unspecified atom stereocenters. The third-order valence-electron chi connectivity index (χ3n) is 1.99. The lowest BCUT2D eigenvalue weighted by molar-refractivity contribution is -0.114. The van der Waals surface area contributed by atoms with Gasteiger partial charge in [-0.3, -0.25) is 9.59 Å². The number of nitrogens with one attached hydrogen (secondary N) is 3. The van der Waals surface area contributed by atoms with Gasteiger partial charge in [0.05, 0.1) is 0 Å². The molecule has 0 aliphatic heterocycles. The molecule has 0 radical (unpaired) electrons. The van der Waals surface area contributed by atoms with E-state index >= 15 is 0 Å². The van der Waals surface area contributed by atoms with Gasteiger partial charge < -0.3 is 10.6 Å². The molecule has 92 valence electrons. The van der Waals surface area contributed by atoms with Crippen LogP contribution in [0.2, 0.25) is 0 Å². The molecule has 1 aromatic carbocycles. The molecule has 2 aromatic rings. The zero-order chi connectivity index (χ0) is 13.0. The van der Waals surface area contributed by atoms with Gasteiger partial charge in [-0.05, 0) is 23.4 Å². The third-order valence-corrected chi connectivity index (χ3v) is 1.99. The Bertz CT molecular complexity index is 566. The van der Waals surface area contributed by atoms with Crippen LogP contribution in [0.25, 0.3) is 0 Å². The minimum atomic E-state index is -0.483. The summed E-state index contributed by atoms with van der Waals surface area (Å²) in [4.78, 5) is 22.5. The Hall–Kier alpha value is -2.77. The van der Waals surface area contributed by atoms with E-state index in [1.807, 2.05) is 0 Å². The molecule has 0 spiro atoms. The second kappa shape index (κ2) is 5.04. The highest BCUT2D eigenvalue weighted by Gasteiger charge is 2.10. The molecule has 0 saturated carbocycles. The number of hydrogen-bond acceptors (Lipinski definition) is 5. The summed E-state index contributed by atoms with van der Waals surface area (Å²) in [5.41, 5.74) is 1.12. The number of carbonyl (C=O) groups excluding carboxylic acids is 2. The van der Waals surface area contributed by atoms with E-state index in [1.165, 1.54) is 6.92 Å². The van der Waals surface area contributed by atoms with Crippen LogP contribution in [-0.4, -0.2) is 32.4 Å². The van der Waals surface area contributed by atoms with Gasteiger partial charge in [0, 0.05) is 18.3 Å². The van der Waals surface area contributed by atoms with Crippen LogP contribution in [0, 0.1) is 0 Å². The zero-order valence-electron chi connectivity index (χ0n) is 9.47. The van der Waals surface area contributed by atoms with Crippen molar-refractivity contribution >= 4 is 23.2 Å². The molecular weight excluding hydrogens is 236 g/mol. The molecule has 0 aliphatic rings. The van der Waals surface area contributed by atoms with Gasteiger partial charge in [0.25, 0.3) is 11.7 Å². The molecule has 18 heavy (non-hydrogen) atoms. The van der Waals surface area contributed by atoms with Crippen molar-refractivity contribution in [2.45, 2.75) is 6.92 Å². The number of tetrazole rings is 1. The van der Waals surface area contributed by atoms with E-state index in [0.29, 0.717) is 11.4 Å². The number of aromatic nitrogens is 4.